The van der Waals surface area contributed by atoms with Gasteiger partial charge in [-0.25, -0.2) is 4.98 Å². The predicted molar refractivity (Wildman–Crippen MR) is 113 cm³/mol. The van der Waals surface area contributed by atoms with Gasteiger partial charge >= 0.3 is 6.18 Å². The van der Waals surface area contributed by atoms with Crippen molar-refractivity contribution in [3.8, 4) is 5.75 Å². The summed E-state index contributed by atoms with van der Waals surface area (Å²) < 4.78 is 44.1. The quantitative estimate of drug-likeness (QED) is 0.719. The third-order valence-electron chi connectivity index (χ3n) is 5.72. The summed E-state index contributed by atoms with van der Waals surface area (Å²) in [6.07, 6.45) is -2.42. The number of aryl methyl sites for hydroxylation is 1. The lowest BCUT2D eigenvalue weighted by atomic mass is 9.89. The largest absolute Gasteiger partial charge is 0.490 e. The fraction of sp³-hybridized carbons (Fsp3) is 0.524. The molecule has 2 aromatic heterocycles. The minimum absolute atomic E-state index is 0.0331. The van der Waals surface area contributed by atoms with E-state index in [0.29, 0.717) is 36.0 Å². The predicted octanol–water partition coefficient (Wildman–Crippen LogP) is 3.63. The van der Waals surface area contributed by atoms with Gasteiger partial charge in [-0.2, -0.15) is 18.2 Å². The Bertz CT molecular complexity index is 1020. The number of halogens is 3. The number of likely N-dealkylation sites (N-methyl/N-ethyl adjacent to an activating group) is 1. The minimum atomic E-state index is -4.51. The van der Waals surface area contributed by atoms with Gasteiger partial charge in [0.2, 0.25) is 11.9 Å². The lowest BCUT2D eigenvalue weighted by Gasteiger charge is -2.38. The molecule has 2 aliphatic rings. The van der Waals surface area contributed by atoms with E-state index in [0.717, 1.165) is 12.3 Å². The lowest BCUT2D eigenvalue weighted by molar-refractivity contribution is -0.141. The molecule has 1 amide bonds. The van der Waals surface area contributed by atoms with E-state index >= 15 is 0 Å². The molecule has 2 N–H and O–H groups in total. The number of amides is 1. The molecule has 1 aliphatic heterocycles. The van der Waals surface area contributed by atoms with Crippen LogP contribution >= 0.6 is 0 Å². The van der Waals surface area contributed by atoms with Gasteiger partial charge in [0.1, 0.15) is 29.3 Å². The topological polar surface area (TPSA) is 92.3 Å². The highest BCUT2D eigenvalue weighted by Crippen LogP contribution is 2.36. The van der Waals surface area contributed by atoms with Crippen LogP contribution in [0, 0.1) is 12.8 Å². The molecule has 0 radical (unpaired) electrons. The van der Waals surface area contributed by atoms with Crippen LogP contribution in [-0.4, -0.2) is 46.1 Å². The summed E-state index contributed by atoms with van der Waals surface area (Å²) in [5, 5.41) is 6.17. The Hall–Kier alpha value is -3.11. The number of hydrogen-bond donors (Lipinski definition) is 2. The molecule has 4 rings (SSSR count). The van der Waals surface area contributed by atoms with Crippen LogP contribution in [0.15, 0.2) is 18.3 Å². The third-order valence-corrected chi connectivity index (χ3v) is 5.72. The Morgan fingerprint density at radius 3 is 2.66 bits per heavy atom. The van der Waals surface area contributed by atoms with Crippen molar-refractivity contribution in [2.45, 2.75) is 58.0 Å². The smallest absolute Gasteiger partial charge is 0.433 e. The molecule has 32 heavy (non-hydrogen) atoms. The number of aromatic nitrogens is 3. The molecule has 0 saturated heterocycles. The van der Waals surface area contributed by atoms with Crippen LogP contribution in [0.4, 0.5) is 30.6 Å². The molecular weight excluding hydrogens is 425 g/mol. The number of nitrogens with one attached hydrogen (secondary N) is 2. The van der Waals surface area contributed by atoms with E-state index in [1.807, 2.05) is 32.7 Å². The number of carbonyl (C=O) groups is 1. The zero-order valence-corrected chi connectivity index (χ0v) is 18.2. The number of nitrogens with zero attached hydrogens (tertiary/aromatic N) is 4. The van der Waals surface area contributed by atoms with Crippen molar-refractivity contribution in [1.29, 1.82) is 0 Å². The number of carbonyl (C=O) groups excluding carboxylic acids is 1. The second-order valence-electron chi connectivity index (χ2n) is 8.55. The molecule has 1 unspecified atom stereocenters. The molecule has 0 spiro atoms. The third kappa shape index (κ3) is 4.28. The molecule has 11 heteroatoms. The average molecular weight is 450 g/mol. The van der Waals surface area contributed by atoms with E-state index in [1.165, 1.54) is 6.07 Å². The van der Waals surface area contributed by atoms with Crippen LogP contribution in [0.3, 0.4) is 0 Å². The Balaban J connectivity index is 1.40. The molecule has 8 nitrogen and oxygen atoms in total. The number of pyridine rings is 1. The number of fused-ring (bicyclic) bond motifs is 1. The summed E-state index contributed by atoms with van der Waals surface area (Å²) in [4.78, 5) is 26.7. The highest BCUT2D eigenvalue weighted by Gasteiger charge is 2.37. The van der Waals surface area contributed by atoms with E-state index in [9.17, 15) is 18.0 Å². The molecule has 1 atom stereocenters. The Morgan fingerprint density at radius 1 is 1.28 bits per heavy atom. The van der Waals surface area contributed by atoms with E-state index in [2.05, 4.69) is 25.6 Å². The second kappa shape index (κ2) is 8.10. The summed E-state index contributed by atoms with van der Waals surface area (Å²) in [6, 6.07) is 2.03. The van der Waals surface area contributed by atoms with Crippen LogP contribution < -0.4 is 20.3 Å². The van der Waals surface area contributed by atoms with Crippen LogP contribution in [0.5, 0.6) is 5.75 Å². The average Bonchev–Trinajstić information content (AvgIpc) is 2.66. The molecule has 2 aromatic rings. The fourth-order valence-corrected chi connectivity index (χ4v) is 4.07. The van der Waals surface area contributed by atoms with Crippen molar-refractivity contribution in [2.24, 2.45) is 5.92 Å². The summed E-state index contributed by atoms with van der Waals surface area (Å²) in [5.74, 6) is 1.27. The van der Waals surface area contributed by atoms with Gasteiger partial charge in [-0.1, -0.05) is 13.8 Å². The van der Waals surface area contributed by atoms with E-state index in [1.54, 1.807) is 0 Å². The number of hydrogen-bond acceptors (Lipinski definition) is 7. The van der Waals surface area contributed by atoms with Crippen LogP contribution in [-0.2, 0) is 11.0 Å². The first-order valence-corrected chi connectivity index (χ1v) is 10.4. The Kier molecular flexibility index (Phi) is 5.59. The van der Waals surface area contributed by atoms with Crippen molar-refractivity contribution in [1.82, 2.24) is 15.0 Å². The standard InChI is InChI=1S/C21H25F3N6O2/c1-10(2)17-19(31)28-16-11(3)26-20(29-18(16)30(17)4)27-12-7-14(8-12)32-13-5-6-25-15(9-13)21(22,23)24/h5-6,9-10,12,14,17H,7-8H2,1-4H3,(H,28,31)(H,26,27,29)/t12-,14-,17?. The summed E-state index contributed by atoms with van der Waals surface area (Å²) >= 11 is 0. The molecule has 3 heterocycles. The normalized spacial score (nSPS) is 22.8. The van der Waals surface area contributed by atoms with Crippen molar-refractivity contribution >= 4 is 23.4 Å². The highest BCUT2D eigenvalue weighted by atomic mass is 19.4. The maximum atomic E-state index is 12.8. The molecule has 0 bridgehead atoms. The molecule has 1 saturated carbocycles. The van der Waals surface area contributed by atoms with E-state index in [4.69, 9.17) is 4.74 Å². The summed E-state index contributed by atoms with van der Waals surface area (Å²) in [5.41, 5.74) is 0.286. The molecule has 0 aromatic carbocycles. The van der Waals surface area contributed by atoms with Gasteiger partial charge in [0.15, 0.2) is 5.82 Å². The van der Waals surface area contributed by atoms with Gasteiger partial charge in [-0.3, -0.25) is 9.78 Å². The van der Waals surface area contributed by atoms with Crippen molar-refractivity contribution in [3.05, 3.63) is 29.7 Å². The van der Waals surface area contributed by atoms with Gasteiger partial charge in [0.05, 0.1) is 5.69 Å². The second-order valence-corrected chi connectivity index (χ2v) is 8.55. The molecule has 1 fully saturated rings. The first kappa shape index (κ1) is 22.1. The first-order chi connectivity index (χ1) is 15.0. The van der Waals surface area contributed by atoms with Crippen molar-refractivity contribution < 1.29 is 22.7 Å². The SMILES string of the molecule is Cc1nc(N[C@H]2C[C@H](Oc3ccnc(C(F)(F)F)c3)C2)nc2c1NC(=O)C(C(C)C)N2C. The van der Waals surface area contributed by atoms with E-state index in [-0.39, 0.29) is 35.8 Å². The summed E-state index contributed by atoms with van der Waals surface area (Å²) in [7, 11) is 1.84. The van der Waals surface area contributed by atoms with Crippen molar-refractivity contribution in [2.75, 3.05) is 22.6 Å². The summed E-state index contributed by atoms with van der Waals surface area (Å²) in [6.45, 7) is 5.77. The molecule has 1 aliphatic carbocycles. The zero-order chi connectivity index (χ0) is 23.2. The monoisotopic (exact) mass is 450 g/mol. The number of anilines is 3. The van der Waals surface area contributed by atoms with Crippen LogP contribution in [0.1, 0.15) is 38.1 Å². The maximum Gasteiger partial charge on any atom is 0.433 e. The van der Waals surface area contributed by atoms with Gasteiger partial charge in [-0.15, -0.1) is 0 Å². The molecular formula is C21H25F3N6O2. The zero-order valence-electron chi connectivity index (χ0n) is 18.2. The molecule has 172 valence electrons. The first-order valence-electron chi connectivity index (χ1n) is 10.4. The van der Waals surface area contributed by atoms with Gasteiger partial charge < -0.3 is 20.3 Å². The maximum absolute atomic E-state index is 12.8. The number of alkyl halides is 3. The van der Waals surface area contributed by atoms with Gasteiger partial charge in [-0.05, 0) is 18.9 Å². The Morgan fingerprint density at radius 2 is 2.00 bits per heavy atom. The van der Waals surface area contributed by atoms with E-state index < -0.39 is 11.9 Å². The fourth-order valence-electron chi connectivity index (χ4n) is 4.07. The van der Waals surface area contributed by atoms with Crippen LogP contribution in [0.2, 0.25) is 0 Å². The van der Waals surface area contributed by atoms with Gasteiger partial charge in [0.25, 0.3) is 0 Å². The minimum Gasteiger partial charge on any atom is -0.490 e. The van der Waals surface area contributed by atoms with Crippen LogP contribution in [0.25, 0.3) is 0 Å². The Labute approximate surface area is 183 Å². The highest BCUT2D eigenvalue weighted by molar-refractivity contribution is 6.03. The van der Waals surface area contributed by atoms with Gasteiger partial charge in [0, 0.05) is 38.2 Å². The lowest BCUT2D eigenvalue weighted by Crippen LogP contribution is -2.50. The van der Waals surface area contributed by atoms with Crippen molar-refractivity contribution in [3.63, 3.8) is 0 Å². The number of ether oxygens (including phenoxy) is 1. The number of rotatable bonds is 5.